The maximum absolute atomic E-state index is 10.6. The number of hydrogen-bond donors (Lipinski definition) is 1. The van der Waals surface area contributed by atoms with E-state index in [2.05, 4.69) is 26.1 Å². The number of rotatable bonds is 4. The Kier molecular flexibility index (Phi) is 4.26. The summed E-state index contributed by atoms with van der Waals surface area (Å²) in [7, 11) is 0. The van der Waals surface area contributed by atoms with Gasteiger partial charge in [0, 0.05) is 4.47 Å². The summed E-state index contributed by atoms with van der Waals surface area (Å²) < 4.78 is 2.82. The Hall–Kier alpha value is -1.34. The molecule has 1 aromatic heterocycles. The van der Waals surface area contributed by atoms with Gasteiger partial charge in [-0.05, 0) is 37.6 Å². The fourth-order valence-corrected chi connectivity index (χ4v) is 3.02. The number of hydrogen-bond acceptors (Lipinski definition) is 4. The number of aryl methyl sites for hydroxylation is 2. The molecule has 0 unspecified atom stereocenters. The fourth-order valence-electron chi connectivity index (χ4n) is 1.71. The number of carboxylic acid groups (broad SMARTS) is 1. The molecule has 0 bridgehead atoms. The van der Waals surface area contributed by atoms with Crippen LogP contribution < -0.4 is 0 Å². The Labute approximate surface area is 123 Å². The first-order valence-electron chi connectivity index (χ1n) is 5.51. The van der Waals surface area contributed by atoms with Gasteiger partial charge in [-0.15, -0.1) is 10.2 Å². The van der Waals surface area contributed by atoms with E-state index in [-0.39, 0.29) is 5.75 Å². The summed E-state index contributed by atoms with van der Waals surface area (Å²) in [6, 6.07) is 5.97. The molecule has 1 heterocycles. The standard InChI is InChI=1S/C12H12BrN3O2S/c1-7-3-9(13)5-10(4-7)16-8(2)14-15-12(16)19-6-11(17)18/h3-5H,6H2,1-2H3,(H,17,18). The lowest BCUT2D eigenvalue weighted by Gasteiger charge is -2.09. The Balaban J connectivity index is 2.43. The zero-order valence-corrected chi connectivity index (χ0v) is 12.8. The third-order valence-electron chi connectivity index (χ3n) is 2.40. The second-order valence-corrected chi connectivity index (χ2v) is 5.89. The van der Waals surface area contributed by atoms with Gasteiger partial charge in [-0.3, -0.25) is 9.36 Å². The largest absolute Gasteiger partial charge is 0.481 e. The average molecular weight is 342 g/mol. The Morgan fingerprint density at radius 2 is 2.11 bits per heavy atom. The van der Waals surface area contributed by atoms with Gasteiger partial charge in [0.2, 0.25) is 0 Å². The molecule has 19 heavy (non-hydrogen) atoms. The summed E-state index contributed by atoms with van der Waals surface area (Å²) in [6.07, 6.45) is 0. The second kappa shape index (κ2) is 5.75. The van der Waals surface area contributed by atoms with Crippen LogP contribution in [0.1, 0.15) is 11.4 Å². The van der Waals surface area contributed by atoms with Crippen LogP contribution in [0.4, 0.5) is 0 Å². The van der Waals surface area contributed by atoms with E-state index >= 15 is 0 Å². The number of thioether (sulfide) groups is 1. The molecule has 0 radical (unpaired) electrons. The molecule has 5 nitrogen and oxygen atoms in total. The SMILES string of the molecule is Cc1cc(Br)cc(-n2c(C)nnc2SCC(=O)O)c1. The zero-order chi connectivity index (χ0) is 14.0. The quantitative estimate of drug-likeness (QED) is 0.866. The molecule has 2 aromatic rings. The van der Waals surface area contributed by atoms with Crippen LogP contribution in [0.3, 0.4) is 0 Å². The van der Waals surface area contributed by atoms with Gasteiger partial charge in [0.15, 0.2) is 5.16 Å². The minimum atomic E-state index is -0.873. The van der Waals surface area contributed by atoms with Crippen molar-refractivity contribution in [3.63, 3.8) is 0 Å². The maximum Gasteiger partial charge on any atom is 0.313 e. The van der Waals surface area contributed by atoms with E-state index in [1.54, 1.807) is 0 Å². The summed E-state index contributed by atoms with van der Waals surface area (Å²) in [5.74, 6) is -0.182. The molecular weight excluding hydrogens is 330 g/mol. The molecule has 2 rings (SSSR count). The van der Waals surface area contributed by atoms with Gasteiger partial charge in [-0.25, -0.2) is 0 Å². The summed E-state index contributed by atoms with van der Waals surface area (Å²) in [5, 5.41) is 17.4. The fraction of sp³-hybridized carbons (Fsp3) is 0.250. The van der Waals surface area contributed by atoms with Crippen LogP contribution in [0.25, 0.3) is 5.69 Å². The average Bonchev–Trinajstić information content (AvgIpc) is 2.66. The molecule has 0 amide bonds. The second-order valence-electron chi connectivity index (χ2n) is 4.03. The third kappa shape index (κ3) is 3.36. The molecule has 0 aliphatic rings. The first-order valence-corrected chi connectivity index (χ1v) is 7.29. The Morgan fingerprint density at radius 3 is 2.74 bits per heavy atom. The van der Waals surface area contributed by atoms with Crippen molar-refractivity contribution in [3.05, 3.63) is 34.1 Å². The van der Waals surface area contributed by atoms with Crippen LogP contribution in [0, 0.1) is 13.8 Å². The van der Waals surface area contributed by atoms with Crippen LogP contribution in [-0.2, 0) is 4.79 Å². The molecule has 7 heteroatoms. The number of halogens is 1. The van der Waals surface area contributed by atoms with E-state index in [0.717, 1.165) is 33.3 Å². The number of aliphatic carboxylic acids is 1. The van der Waals surface area contributed by atoms with E-state index in [1.165, 1.54) is 0 Å². The normalized spacial score (nSPS) is 10.7. The van der Waals surface area contributed by atoms with Crippen molar-refractivity contribution >= 4 is 33.7 Å². The van der Waals surface area contributed by atoms with Crippen molar-refractivity contribution in [3.8, 4) is 5.69 Å². The number of benzene rings is 1. The van der Waals surface area contributed by atoms with Crippen LogP contribution in [0.5, 0.6) is 0 Å². The van der Waals surface area contributed by atoms with E-state index in [1.807, 2.05) is 36.6 Å². The van der Waals surface area contributed by atoms with Gasteiger partial charge in [0.1, 0.15) is 5.82 Å². The highest BCUT2D eigenvalue weighted by Gasteiger charge is 2.13. The minimum Gasteiger partial charge on any atom is -0.481 e. The van der Waals surface area contributed by atoms with Gasteiger partial charge in [-0.1, -0.05) is 27.7 Å². The molecular formula is C12H12BrN3O2S. The number of nitrogens with zero attached hydrogens (tertiary/aromatic N) is 3. The van der Waals surface area contributed by atoms with Gasteiger partial charge in [0.05, 0.1) is 11.4 Å². The predicted molar refractivity (Wildman–Crippen MR) is 76.9 cm³/mol. The van der Waals surface area contributed by atoms with Crippen molar-refractivity contribution < 1.29 is 9.90 Å². The topological polar surface area (TPSA) is 68.0 Å². The molecule has 0 saturated heterocycles. The lowest BCUT2D eigenvalue weighted by Crippen LogP contribution is -2.03. The number of carbonyl (C=O) groups is 1. The van der Waals surface area contributed by atoms with Crippen LogP contribution >= 0.6 is 27.7 Å². The van der Waals surface area contributed by atoms with E-state index in [0.29, 0.717) is 5.16 Å². The molecule has 0 spiro atoms. The Bertz CT molecular complexity index is 607. The minimum absolute atomic E-state index is 0.0366. The summed E-state index contributed by atoms with van der Waals surface area (Å²) in [5.41, 5.74) is 2.02. The Morgan fingerprint density at radius 1 is 1.37 bits per heavy atom. The van der Waals surface area contributed by atoms with Crippen molar-refractivity contribution in [2.24, 2.45) is 0 Å². The first kappa shape index (κ1) is 14.1. The molecule has 1 N–H and O–H groups in total. The lowest BCUT2D eigenvalue weighted by molar-refractivity contribution is -0.133. The molecule has 0 aliphatic heterocycles. The summed E-state index contributed by atoms with van der Waals surface area (Å²) in [4.78, 5) is 10.6. The highest BCUT2D eigenvalue weighted by atomic mass is 79.9. The molecule has 0 fully saturated rings. The third-order valence-corrected chi connectivity index (χ3v) is 3.78. The molecule has 100 valence electrons. The predicted octanol–water partition coefficient (Wildman–Crippen LogP) is 2.82. The van der Waals surface area contributed by atoms with Crippen LogP contribution in [-0.4, -0.2) is 31.6 Å². The van der Waals surface area contributed by atoms with Gasteiger partial charge < -0.3 is 5.11 Å². The van der Waals surface area contributed by atoms with Gasteiger partial charge in [0.25, 0.3) is 0 Å². The van der Waals surface area contributed by atoms with Crippen molar-refractivity contribution in [2.45, 2.75) is 19.0 Å². The molecule has 1 aromatic carbocycles. The first-order chi connectivity index (χ1) is 8.97. The van der Waals surface area contributed by atoms with E-state index in [9.17, 15) is 4.79 Å². The van der Waals surface area contributed by atoms with Crippen LogP contribution in [0.2, 0.25) is 0 Å². The van der Waals surface area contributed by atoms with Crippen molar-refractivity contribution in [1.82, 2.24) is 14.8 Å². The molecule has 0 saturated carbocycles. The number of aromatic nitrogens is 3. The lowest BCUT2D eigenvalue weighted by atomic mass is 10.2. The highest BCUT2D eigenvalue weighted by Crippen LogP contribution is 2.25. The summed E-state index contributed by atoms with van der Waals surface area (Å²) in [6.45, 7) is 3.84. The van der Waals surface area contributed by atoms with Gasteiger partial charge >= 0.3 is 5.97 Å². The highest BCUT2D eigenvalue weighted by molar-refractivity contribution is 9.10. The maximum atomic E-state index is 10.6. The van der Waals surface area contributed by atoms with Crippen molar-refractivity contribution in [2.75, 3.05) is 5.75 Å². The van der Waals surface area contributed by atoms with E-state index < -0.39 is 5.97 Å². The number of carboxylic acids is 1. The smallest absolute Gasteiger partial charge is 0.313 e. The summed E-state index contributed by atoms with van der Waals surface area (Å²) >= 11 is 4.61. The molecule has 0 atom stereocenters. The van der Waals surface area contributed by atoms with Crippen molar-refractivity contribution in [1.29, 1.82) is 0 Å². The van der Waals surface area contributed by atoms with Crippen LogP contribution in [0.15, 0.2) is 27.8 Å². The monoisotopic (exact) mass is 341 g/mol. The van der Waals surface area contributed by atoms with Gasteiger partial charge in [-0.2, -0.15) is 0 Å². The molecule has 0 aliphatic carbocycles. The zero-order valence-electron chi connectivity index (χ0n) is 10.4. The van der Waals surface area contributed by atoms with E-state index in [4.69, 9.17) is 5.11 Å².